The van der Waals surface area contributed by atoms with E-state index >= 15 is 0 Å². The second-order valence-corrected chi connectivity index (χ2v) is 5.93. The Hall–Kier alpha value is -3.08. The first-order valence-electron chi connectivity index (χ1n) is 7.89. The van der Waals surface area contributed by atoms with Crippen molar-refractivity contribution in [3.8, 4) is 17.6 Å². The van der Waals surface area contributed by atoms with E-state index in [1.807, 2.05) is 6.07 Å². The third-order valence-corrected chi connectivity index (χ3v) is 4.15. The monoisotopic (exact) mass is 343 g/mol. The van der Waals surface area contributed by atoms with Gasteiger partial charge in [0.05, 0.1) is 25.2 Å². The third kappa shape index (κ3) is 3.55. The Morgan fingerprint density at radius 3 is 2.68 bits per heavy atom. The molecule has 0 unspecified atom stereocenters. The first-order chi connectivity index (χ1) is 12.0. The fourth-order valence-corrected chi connectivity index (χ4v) is 2.82. The molecule has 0 spiro atoms. The second-order valence-electron chi connectivity index (χ2n) is 5.93. The normalized spacial score (nSPS) is 19.1. The van der Waals surface area contributed by atoms with Crippen LogP contribution < -0.4 is 14.8 Å². The molecule has 1 atom stereocenters. The molecule has 0 radical (unpaired) electrons. The highest BCUT2D eigenvalue weighted by molar-refractivity contribution is 6.07. The third-order valence-electron chi connectivity index (χ3n) is 4.15. The predicted octanol–water partition coefficient (Wildman–Crippen LogP) is 0.352. The van der Waals surface area contributed by atoms with E-state index in [0.717, 1.165) is 12.8 Å². The van der Waals surface area contributed by atoms with Gasteiger partial charge in [-0.1, -0.05) is 0 Å². The fourth-order valence-electron chi connectivity index (χ4n) is 2.82. The lowest BCUT2D eigenvalue weighted by atomic mass is 10.2. The van der Waals surface area contributed by atoms with Crippen LogP contribution in [-0.2, 0) is 14.4 Å². The van der Waals surface area contributed by atoms with Crippen molar-refractivity contribution < 1.29 is 23.9 Å². The average Bonchev–Trinajstić information content (AvgIpc) is 3.38. The number of carbonyl (C=O) groups excluding carboxylic acids is 3. The number of rotatable bonds is 6. The number of methoxy groups -OCH3 is 1. The topological polar surface area (TPSA) is 109 Å². The number of hydrogen-bond acceptors (Lipinski definition) is 6. The molecule has 1 aliphatic heterocycles. The molecule has 3 amide bonds. The SMILES string of the molecule is COc1cc(C#N)ccc1OCC(=O)N(C1CC1)[C@@H]1CC(=O)NC1=O. The summed E-state index contributed by atoms with van der Waals surface area (Å²) in [5, 5.41) is 11.1. The Morgan fingerprint density at radius 1 is 1.36 bits per heavy atom. The number of ether oxygens (including phenoxy) is 2. The largest absolute Gasteiger partial charge is 0.493 e. The van der Waals surface area contributed by atoms with Crippen molar-refractivity contribution in [3.63, 3.8) is 0 Å². The zero-order chi connectivity index (χ0) is 18.0. The van der Waals surface area contributed by atoms with Crippen molar-refractivity contribution in [1.82, 2.24) is 10.2 Å². The molecular weight excluding hydrogens is 326 g/mol. The van der Waals surface area contributed by atoms with E-state index in [1.165, 1.54) is 18.1 Å². The highest BCUT2D eigenvalue weighted by Gasteiger charge is 2.44. The van der Waals surface area contributed by atoms with Crippen LogP contribution in [0, 0.1) is 11.3 Å². The summed E-state index contributed by atoms with van der Waals surface area (Å²) >= 11 is 0. The number of carbonyl (C=O) groups is 3. The summed E-state index contributed by atoms with van der Waals surface area (Å²) < 4.78 is 10.7. The Morgan fingerprint density at radius 2 is 2.12 bits per heavy atom. The van der Waals surface area contributed by atoms with Crippen LogP contribution >= 0.6 is 0 Å². The van der Waals surface area contributed by atoms with Gasteiger partial charge in [0.15, 0.2) is 18.1 Å². The molecule has 2 aliphatic rings. The van der Waals surface area contributed by atoms with Gasteiger partial charge in [0, 0.05) is 12.1 Å². The zero-order valence-electron chi connectivity index (χ0n) is 13.7. The van der Waals surface area contributed by atoms with Gasteiger partial charge in [-0.15, -0.1) is 0 Å². The number of amides is 3. The van der Waals surface area contributed by atoms with Crippen LogP contribution in [0.3, 0.4) is 0 Å². The molecule has 1 aromatic carbocycles. The smallest absolute Gasteiger partial charge is 0.261 e. The highest BCUT2D eigenvalue weighted by atomic mass is 16.5. The molecule has 1 heterocycles. The number of nitrogens with zero attached hydrogens (tertiary/aromatic N) is 2. The van der Waals surface area contributed by atoms with E-state index in [-0.39, 0.29) is 30.9 Å². The molecule has 1 saturated carbocycles. The van der Waals surface area contributed by atoms with Crippen molar-refractivity contribution in [2.45, 2.75) is 31.3 Å². The Balaban J connectivity index is 1.70. The molecule has 1 aromatic rings. The maximum Gasteiger partial charge on any atom is 0.261 e. The molecule has 130 valence electrons. The lowest BCUT2D eigenvalue weighted by Crippen LogP contribution is -2.47. The quantitative estimate of drug-likeness (QED) is 0.747. The maximum absolute atomic E-state index is 12.6. The van der Waals surface area contributed by atoms with Crippen LogP contribution in [0.4, 0.5) is 0 Å². The van der Waals surface area contributed by atoms with Gasteiger partial charge in [-0.25, -0.2) is 0 Å². The minimum atomic E-state index is -0.765. The van der Waals surface area contributed by atoms with Gasteiger partial charge in [-0.05, 0) is 25.0 Å². The van der Waals surface area contributed by atoms with Crippen molar-refractivity contribution in [2.24, 2.45) is 0 Å². The summed E-state index contributed by atoms with van der Waals surface area (Å²) in [7, 11) is 1.44. The molecule has 8 nitrogen and oxygen atoms in total. The summed E-state index contributed by atoms with van der Waals surface area (Å²) in [5.74, 6) is -0.496. The Labute approximate surface area is 144 Å². The van der Waals surface area contributed by atoms with Crippen LogP contribution in [-0.4, -0.2) is 48.4 Å². The molecule has 1 N–H and O–H groups in total. The lowest BCUT2D eigenvalue weighted by Gasteiger charge is -2.26. The van der Waals surface area contributed by atoms with Crippen molar-refractivity contribution in [1.29, 1.82) is 5.26 Å². The zero-order valence-corrected chi connectivity index (χ0v) is 13.7. The summed E-state index contributed by atoms with van der Waals surface area (Å²) in [6.45, 7) is -0.281. The number of benzene rings is 1. The minimum Gasteiger partial charge on any atom is -0.493 e. The molecule has 8 heteroatoms. The average molecular weight is 343 g/mol. The summed E-state index contributed by atoms with van der Waals surface area (Å²) in [5.41, 5.74) is 0.413. The molecular formula is C17H17N3O5. The maximum atomic E-state index is 12.6. The summed E-state index contributed by atoms with van der Waals surface area (Å²) in [6, 6.07) is 5.83. The standard InChI is InChI=1S/C17H17N3O5/c1-24-14-6-10(8-18)2-5-13(14)25-9-16(22)20(11-3-4-11)12-7-15(21)19-17(12)23/h2,5-6,11-12H,3-4,7,9H2,1H3,(H,19,21,23)/t12-/m1/s1. The molecule has 1 saturated heterocycles. The molecule has 1 aliphatic carbocycles. The minimum absolute atomic E-state index is 0.0126. The van der Waals surface area contributed by atoms with Gasteiger partial charge >= 0.3 is 0 Å². The predicted molar refractivity (Wildman–Crippen MR) is 84.6 cm³/mol. The van der Waals surface area contributed by atoms with Crippen LogP contribution in [0.15, 0.2) is 18.2 Å². The van der Waals surface area contributed by atoms with Crippen LogP contribution in [0.5, 0.6) is 11.5 Å². The van der Waals surface area contributed by atoms with Crippen molar-refractivity contribution in [3.05, 3.63) is 23.8 Å². The Bertz CT molecular complexity index is 766. The first kappa shape index (κ1) is 16.8. The molecule has 0 aromatic heterocycles. The van der Waals surface area contributed by atoms with E-state index in [1.54, 1.807) is 12.1 Å². The number of hydrogen-bond donors (Lipinski definition) is 1. The van der Waals surface area contributed by atoms with Gasteiger partial charge in [0.2, 0.25) is 11.8 Å². The van der Waals surface area contributed by atoms with Gasteiger partial charge in [0.1, 0.15) is 6.04 Å². The lowest BCUT2D eigenvalue weighted by molar-refractivity contribution is -0.141. The molecule has 0 bridgehead atoms. The van der Waals surface area contributed by atoms with Gasteiger partial charge in [-0.3, -0.25) is 19.7 Å². The van der Waals surface area contributed by atoms with Gasteiger partial charge in [0.25, 0.3) is 5.91 Å². The Kier molecular flexibility index (Phi) is 4.57. The van der Waals surface area contributed by atoms with Gasteiger partial charge in [-0.2, -0.15) is 5.26 Å². The van der Waals surface area contributed by atoms with Crippen LogP contribution in [0.25, 0.3) is 0 Å². The van der Waals surface area contributed by atoms with Crippen LogP contribution in [0.1, 0.15) is 24.8 Å². The second kappa shape index (κ2) is 6.81. The molecule has 25 heavy (non-hydrogen) atoms. The van der Waals surface area contributed by atoms with Crippen molar-refractivity contribution >= 4 is 17.7 Å². The number of imide groups is 1. The summed E-state index contributed by atoms with van der Waals surface area (Å²) in [6.07, 6.45) is 1.61. The molecule has 2 fully saturated rings. The van der Waals surface area contributed by atoms with E-state index < -0.39 is 11.9 Å². The van der Waals surface area contributed by atoms with E-state index in [4.69, 9.17) is 14.7 Å². The summed E-state index contributed by atoms with van der Waals surface area (Å²) in [4.78, 5) is 37.3. The van der Waals surface area contributed by atoms with Crippen molar-refractivity contribution in [2.75, 3.05) is 13.7 Å². The highest BCUT2D eigenvalue weighted by Crippen LogP contribution is 2.32. The molecule has 3 rings (SSSR count). The van der Waals surface area contributed by atoms with E-state index in [9.17, 15) is 14.4 Å². The first-order valence-corrected chi connectivity index (χ1v) is 7.89. The van der Waals surface area contributed by atoms with Crippen LogP contribution in [0.2, 0.25) is 0 Å². The fraction of sp³-hybridized carbons (Fsp3) is 0.412. The van der Waals surface area contributed by atoms with E-state index in [0.29, 0.717) is 17.1 Å². The number of nitrogens with one attached hydrogen (secondary N) is 1. The van der Waals surface area contributed by atoms with Gasteiger partial charge < -0.3 is 14.4 Å². The number of nitriles is 1. The van der Waals surface area contributed by atoms with E-state index in [2.05, 4.69) is 5.32 Å².